The van der Waals surface area contributed by atoms with Gasteiger partial charge in [-0.1, -0.05) is 0 Å². The highest BCUT2D eigenvalue weighted by molar-refractivity contribution is 9.10. The second-order valence-electron chi connectivity index (χ2n) is 3.83. The first kappa shape index (κ1) is 15.0. The van der Waals surface area contributed by atoms with Crippen LogP contribution in [0.5, 0.6) is 5.75 Å². The van der Waals surface area contributed by atoms with Gasteiger partial charge in [0.15, 0.2) is 0 Å². The zero-order chi connectivity index (χ0) is 13.7. The molecule has 0 spiro atoms. The lowest BCUT2D eigenvalue weighted by Gasteiger charge is -2.08. The number of ether oxygens (including phenoxy) is 1. The van der Waals surface area contributed by atoms with Crippen LogP contribution in [0.1, 0.15) is 4.88 Å². The molecule has 0 unspecified atom stereocenters. The average Bonchev–Trinajstić information content (AvgIpc) is 2.77. The molecular weight excluding hydrogens is 397 g/mol. The van der Waals surface area contributed by atoms with Crippen molar-refractivity contribution >= 4 is 43.2 Å². The summed E-state index contributed by atoms with van der Waals surface area (Å²) in [6.45, 7) is 2.10. The number of rotatable bonds is 6. The zero-order valence-corrected chi connectivity index (χ0v) is 13.9. The first-order valence-electron chi connectivity index (χ1n) is 5.66. The number of benzene rings is 1. The smallest absolute Gasteiger partial charge is 0.133 e. The SMILES string of the molecule is Fc1ccc(OCCNCc2cc(Br)cs2)c(Br)c1. The zero-order valence-electron chi connectivity index (χ0n) is 9.96. The van der Waals surface area contributed by atoms with Crippen molar-refractivity contribution in [2.24, 2.45) is 0 Å². The molecule has 0 saturated heterocycles. The summed E-state index contributed by atoms with van der Waals surface area (Å²) >= 11 is 8.40. The van der Waals surface area contributed by atoms with Gasteiger partial charge in [0.25, 0.3) is 0 Å². The summed E-state index contributed by atoms with van der Waals surface area (Å²) in [5, 5.41) is 5.35. The quantitative estimate of drug-likeness (QED) is 0.706. The molecule has 1 aromatic carbocycles. The fourth-order valence-corrected chi connectivity index (χ4v) is 3.37. The van der Waals surface area contributed by atoms with Gasteiger partial charge in [-0.3, -0.25) is 0 Å². The highest BCUT2D eigenvalue weighted by Gasteiger charge is 2.02. The molecule has 19 heavy (non-hydrogen) atoms. The van der Waals surface area contributed by atoms with E-state index in [2.05, 4.69) is 48.6 Å². The molecule has 1 heterocycles. The highest BCUT2D eigenvalue weighted by Crippen LogP contribution is 2.25. The summed E-state index contributed by atoms with van der Waals surface area (Å²) in [6, 6.07) is 6.49. The standard InChI is InChI=1S/C13H12Br2FNOS/c14-9-5-11(19-8-9)7-17-3-4-18-13-2-1-10(16)6-12(13)15/h1-2,5-6,8,17H,3-4,7H2. The van der Waals surface area contributed by atoms with E-state index in [1.807, 2.05) is 0 Å². The fraction of sp³-hybridized carbons (Fsp3) is 0.231. The molecule has 0 saturated carbocycles. The minimum atomic E-state index is -0.277. The molecule has 1 N–H and O–H groups in total. The van der Waals surface area contributed by atoms with Crippen LogP contribution < -0.4 is 10.1 Å². The molecule has 6 heteroatoms. The van der Waals surface area contributed by atoms with Crippen molar-refractivity contribution in [3.05, 3.63) is 49.3 Å². The molecular formula is C13H12Br2FNOS. The van der Waals surface area contributed by atoms with Crippen molar-refractivity contribution in [1.29, 1.82) is 0 Å². The van der Waals surface area contributed by atoms with Gasteiger partial charge in [-0.25, -0.2) is 4.39 Å². The van der Waals surface area contributed by atoms with Gasteiger partial charge in [0.05, 0.1) is 4.47 Å². The summed E-state index contributed by atoms with van der Waals surface area (Å²) in [5.41, 5.74) is 0. The van der Waals surface area contributed by atoms with Crippen LogP contribution in [0, 0.1) is 5.82 Å². The molecule has 0 aliphatic carbocycles. The van der Waals surface area contributed by atoms with Gasteiger partial charge >= 0.3 is 0 Å². The van der Waals surface area contributed by atoms with E-state index in [1.54, 1.807) is 17.4 Å². The Morgan fingerprint density at radius 2 is 2.11 bits per heavy atom. The van der Waals surface area contributed by atoms with Crippen molar-refractivity contribution < 1.29 is 9.13 Å². The van der Waals surface area contributed by atoms with Crippen molar-refractivity contribution in [1.82, 2.24) is 5.32 Å². The van der Waals surface area contributed by atoms with Gasteiger partial charge in [-0.2, -0.15) is 0 Å². The van der Waals surface area contributed by atoms with Crippen molar-refractivity contribution in [3.8, 4) is 5.75 Å². The lowest BCUT2D eigenvalue weighted by Crippen LogP contribution is -2.20. The van der Waals surface area contributed by atoms with Gasteiger partial charge in [-0.15, -0.1) is 11.3 Å². The van der Waals surface area contributed by atoms with E-state index in [4.69, 9.17) is 4.74 Å². The Balaban J connectivity index is 1.69. The molecule has 1 aromatic heterocycles. The molecule has 2 nitrogen and oxygen atoms in total. The largest absolute Gasteiger partial charge is 0.491 e. The Morgan fingerprint density at radius 1 is 1.26 bits per heavy atom. The van der Waals surface area contributed by atoms with E-state index < -0.39 is 0 Å². The Hall–Kier alpha value is -0.430. The number of hydrogen-bond acceptors (Lipinski definition) is 3. The summed E-state index contributed by atoms with van der Waals surface area (Å²) in [7, 11) is 0. The maximum Gasteiger partial charge on any atom is 0.133 e. The van der Waals surface area contributed by atoms with Crippen LogP contribution in [-0.2, 0) is 6.54 Å². The van der Waals surface area contributed by atoms with Crippen LogP contribution in [0.2, 0.25) is 0 Å². The van der Waals surface area contributed by atoms with Crippen LogP contribution >= 0.6 is 43.2 Å². The Labute approximate surface area is 132 Å². The molecule has 0 radical (unpaired) electrons. The van der Waals surface area contributed by atoms with E-state index in [-0.39, 0.29) is 5.82 Å². The fourth-order valence-electron chi connectivity index (χ4n) is 1.48. The Bertz CT molecular complexity index is 547. The van der Waals surface area contributed by atoms with Gasteiger partial charge in [0.2, 0.25) is 0 Å². The highest BCUT2D eigenvalue weighted by atomic mass is 79.9. The summed E-state index contributed by atoms with van der Waals surface area (Å²) < 4.78 is 20.2. The molecule has 2 aromatic rings. The Morgan fingerprint density at radius 3 is 2.79 bits per heavy atom. The summed E-state index contributed by atoms with van der Waals surface area (Å²) in [5.74, 6) is 0.377. The minimum Gasteiger partial charge on any atom is -0.491 e. The Kier molecular flexibility index (Phi) is 5.81. The van der Waals surface area contributed by atoms with E-state index in [9.17, 15) is 4.39 Å². The van der Waals surface area contributed by atoms with Crippen LogP contribution in [-0.4, -0.2) is 13.2 Å². The normalized spacial score (nSPS) is 10.7. The maximum atomic E-state index is 12.9. The molecule has 0 bridgehead atoms. The van der Waals surface area contributed by atoms with E-state index in [0.29, 0.717) is 16.8 Å². The molecule has 0 aliphatic rings. The molecule has 2 rings (SSSR count). The van der Waals surface area contributed by atoms with Crippen molar-refractivity contribution in [3.63, 3.8) is 0 Å². The van der Waals surface area contributed by atoms with E-state index >= 15 is 0 Å². The maximum absolute atomic E-state index is 12.9. The molecule has 0 fully saturated rings. The minimum absolute atomic E-state index is 0.277. The van der Waals surface area contributed by atoms with Crippen molar-refractivity contribution in [2.45, 2.75) is 6.54 Å². The van der Waals surface area contributed by atoms with Crippen LogP contribution in [0.4, 0.5) is 4.39 Å². The lowest BCUT2D eigenvalue weighted by molar-refractivity contribution is 0.311. The van der Waals surface area contributed by atoms with Gasteiger partial charge in [-0.05, 0) is 56.1 Å². The van der Waals surface area contributed by atoms with Gasteiger partial charge in [0, 0.05) is 27.8 Å². The summed E-state index contributed by atoms with van der Waals surface area (Å²) in [6.07, 6.45) is 0. The first-order valence-corrected chi connectivity index (χ1v) is 8.13. The number of halogens is 3. The third-order valence-electron chi connectivity index (χ3n) is 2.35. The van der Waals surface area contributed by atoms with E-state index in [0.717, 1.165) is 17.6 Å². The van der Waals surface area contributed by atoms with Crippen LogP contribution in [0.25, 0.3) is 0 Å². The number of nitrogens with one attached hydrogen (secondary N) is 1. The van der Waals surface area contributed by atoms with Crippen LogP contribution in [0.3, 0.4) is 0 Å². The van der Waals surface area contributed by atoms with Gasteiger partial charge < -0.3 is 10.1 Å². The molecule has 0 amide bonds. The molecule has 102 valence electrons. The lowest BCUT2D eigenvalue weighted by atomic mass is 10.3. The second-order valence-corrected chi connectivity index (χ2v) is 6.60. The topological polar surface area (TPSA) is 21.3 Å². The predicted molar refractivity (Wildman–Crippen MR) is 83.3 cm³/mol. The van der Waals surface area contributed by atoms with Crippen molar-refractivity contribution in [2.75, 3.05) is 13.2 Å². The molecule has 0 aliphatic heterocycles. The third-order valence-corrected chi connectivity index (χ3v) is 4.67. The number of thiophene rings is 1. The average molecular weight is 409 g/mol. The molecule has 0 atom stereocenters. The summed E-state index contributed by atoms with van der Waals surface area (Å²) in [4.78, 5) is 1.27. The predicted octanol–water partition coefficient (Wildman–Crippen LogP) is 4.58. The second kappa shape index (κ2) is 7.38. The number of hydrogen-bond donors (Lipinski definition) is 1. The third kappa shape index (κ3) is 4.87. The first-order chi connectivity index (χ1) is 9.15. The monoisotopic (exact) mass is 407 g/mol. The van der Waals surface area contributed by atoms with Crippen LogP contribution in [0.15, 0.2) is 38.6 Å². The van der Waals surface area contributed by atoms with E-state index in [1.165, 1.54) is 17.0 Å². The van der Waals surface area contributed by atoms with Gasteiger partial charge in [0.1, 0.15) is 18.2 Å².